The molecule has 3 fully saturated rings. The van der Waals surface area contributed by atoms with Crippen LogP contribution in [-0.2, 0) is 14.4 Å². The molecular weight excluding hydrogens is 587 g/mol. The van der Waals surface area contributed by atoms with Crippen molar-refractivity contribution in [2.24, 2.45) is 11.8 Å². The molecule has 2 aromatic carbocycles. The number of likely N-dealkylation sites (tertiary alicyclic amines) is 2. The number of ketones is 1. The molecule has 3 aliphatic heterocycles. The molecule has 44 heavy (non-hydrogen) atoms. The van der Waals surface area contributed by atoms with E-state index in [2.05, 4.69) is 5.32 Å². The molecule has 0 aromatic heterocycles. The van der Waals surface area contributed by atoms with Crippen LogP contribution in [0.5, 0.6) is 5.75 Å². The van der Waals surface area contributed by atoms with Crippen molar-refractivity contribution in [1.82, 2.24) is 20.0 Å². The van der Waals surface area contributed by atoms with Crippen LogP contribution in [-0.4, -0.2) is 89.7 Å². The fourth-order valence-corrected chi connectivity index (χ4v) is 7.07. The molecule has 0 spiro atoms. The molecule has 1 N–H and O–H groups in total. The zero-order chi connectivity index (χ0) is 31.6. The molecule has 9 nitrogen and oxygen atoms in total. The van der Waals surface area contributed by atoms with E-state index >= 15 is 0 Å². The summed E-state index contributed by atoms with van der Waals surface area (Å²) in [5.74, 6) is -1.24. The molecule has 3 heterocycles. The van der Waals surface area contributed by atoms with Gasteiger partial charge >= 0.3 is 6.09 Å². The largest absolute Gasteiger partial charge is 0.415 e. The van der Waals surface area contributed by atoms with Crippen molar-refractivity contribution in [2.45, 2.75) is 57.0 Å². The van der Waals surface area contributed by atoms with E-state index in [-0.39, 0.29) is 53.7 Å². The second-order valence-corrected chi connectivity index (χ2v) is 12.8. The topological polar surface area (TPSA) is 99.3 Å². The number of piperidine rings is 2. The summed E-state index contributed by atoms with van der Waals surface area (Å²) in [4.78, 5) is 59.0. The highest BCUT2D eigenvalue weighted by molar-refractivity contribution is 6.30. The third-order valence-electron chi connectivity index (χ3n) is 9.50. The predicted octanol–water partition coefficient (Wildman–Crippen LogP) is 4.49. The number of rotatable bonds is 7. The summed E-state index contributed by atoms with van der Waals surface area (Å²) in [5.41, 5.74) is -0.396. The summed E-state index contributed by atoms with van der Waals surface area (Å²) in [6, 6.07) is 12.5. The van der Waals surface area contributed by atoms with Gasteiger partial charge in [-0.2, -0.15) is 0 Å². The van der Waals surface area contributed by atoms with Gasteiger partial charge in [0.2, 0.25) is 11.8 Å². The Morgan fingerprint density at radius 1 is 1.02 bits per heavy atom. The van der Waals surface area contributed by atoms with Crippen molar-refractivity contribution >= 4 is 35.3 Å². The first-order valence-electron chi connectivity index (χ1n) is 15.3. The minimum atomic E-state index is -1.26. The Morgan fingerprint density at radius 2 is 1.68 bits per heavy atom. The van der Waals surface area contributed by atoms with E-state index in [9.17, 15) is 23.6 Å². The van der Waals surface area contributed by atoms with Crippen LogP contribution in [0, 0.1) is 17.7 Å². The molecule has 2 aromatic rings. The van der Waals surface area contributed by atoms with Gasteiger partial charge < -0.3 is 19.9 Å². The van der Waals surface area contributed by atoms with Gasteiger partial charge in [-0.25, -0.2) is 9.18 Å². The Balaban J connectivity index is 1.35. The van der Waals surface area contributed by atoms with Gasteiger partial charge in [-0.3, -0.25) is 19.3 Å². The van der Waals surface area contributed by atoms with Crippen LogP contribution in [0.2, 0.25) is 5.02 Å². The standard InChI is InChI=1S/C33H40ClFN4O5/c1-21(2)39-19-24(6-13-29(39)40)31(42)38-16-14-23(15-17-38)30(41)33(20-36-18-28(33)22-4-7-25(34)8-5-22)37(3)32(43)44-27-11-9-26(35)10-12-27/h4-5,7-12,21,23-24,28,36H,6,13-20H2,1-3H3/t24?,28-,33+/m0/s1. The highest BCUT2D eigenvalue weighted by atomic mass is 35.5. The van der Waals surface area contributed by atoms with E-state index in [1.807, 2.05) is 30.9 Å². The highest BCUT2D eigenvalue weighted by Gasteiger charge is 2.56. The number of halogens is 2. The lowest BCUT2D eigenvalue weighted by Crippen LogP contribution is -2.62. The van der Waals surface area contributed by atoms with Gasteiger partial charge in [0, 0.05) is 69.1 Å². The smallest absolute Gasteiger partial charge is 0.410 e. The number of carbonyl (C=O) groups excluding carboxylic acids is 4. The summed E-state index contributed by atoms with van der Waals surface area (Å²) in [6.45, 7) is 5.89. The number of Topliss-reactive ketones (excluding diaryl/α,β-unsaturated/α-hetero) is 1. The maximum Gasteiger partial charge on any atom is 0.415 e. The van der Waals surface area contributed by atoms with Crippen molar-refractivity contribution < 1.29 is 28.3 Å². The van der Waals surface area contributed by atoms with E-state index in [1.165, 1.54) is 29.2 Å². The van der Waals surface area contributed by atoms with Gasteiger partial charge in [-0.05, 0) is 75.1 Å². The monoisotopic (exact) mass is 626 g/mol. The molecule has 3 saturated heterocycles. The molecular formula is C33H40ClFN4O5. The minimum absolute atomic E-state index is 0.0327. The second-order valence-electron chi connectivity index (χ2n) is 12.4. The van der Waals surface area contributed by atoms with Gasteiger partial charge in [-0.1, -0.05) is 23.7 Å². The molecule has 1 unspecified atom stereocenters. The number of nitrogens with zero attached hydrogens (tertiary/aromatic N) is 3. The predicted molar refractivity (Wildman–Crippen MR) is 164 cm³/mol. The van der Waals surface area contributed by atoms with Crippen LogP contribution in [0.3, 0.4) is 0 Å². The molecule has 3 atom stereocenters. The van der Waals surface area contributed by atoms with E-state index in [0.717, 1.165) is 5.56 Å². The van der Waals surface area contributed by atoms with E-state index in [1.54, 1.807) is 24.1 Å². The van der Waals surface area contributed by atoms with Gasteiger partial charge in [0.05, 0.1) is 5.92 Å². The number of nitrogens with one attached hydrogen (secondary N) is 1. The minimum Gasteiger partial charge on any atom is -0.410 e. The molecule has 11 heteroatoms. The van der Waals surface area contributed by atoms with Crippen molar-refractivity contribution in [2.75, 3.05) is 39.8 Å². The lowest BCUT2D eigenvalue weighted by molar-refractivity contribution is -0.147. The number of benzene rings is 2. The van der Waals surface area contributed by atoms with Crippen LogP contribution >= 0.6 is 11.6 Å². The van der Waals surface area contributed by atoms with E-state index in [4.69, 9.17) is 16.3 Å². The molecule has 236 valence electrons. The number of ether oxygens (including phenoxy) is 1. The van der Waals surface area contributed by atoms with Gasteiger partial charge in [0.25, 0.3) is 0 Å². The van der Waals surface area contributed by atoms with Crippen LogP contribution in [0.4, 0.5) is 9.18 Å². The van der Waals surface area contributed by atoms with Crippen LogP contribution < -0.4 is 10.1 Å². The Labute approximate surface area is 262 Å². The first-order chi connectivity index (χ1) is 21.0. The Hall–Kier alpha value is -3.50. The summed E-state index contributed by atoms with van der Waals surface area (Å²) in [5, 5.41) is 3.91. The average Bonchev–Trinajstić information content (AvgIpc) is 3.47. The summed E-state index contributed by atoms with van der Waals surface area (Å²) in [6.07, 6.45) is 1.13. The Morgan fingerprint density at radius 3 is 2.32 bits per heavy atom. The first kappa shape index (κ1) is 31.9. The average molecular weight is 627 g/mol. The van der Waals surface area contributed by atoms with E-state index < -0.39 is 17.4 Å². The Kier molecular flexibility index (Phi) is 9.60. The third kappa shape index (κ3) is 6.33. The maximum absolute atomic E-state index is 14.6. The third-order valence-corrected chi connectivity index (χ3v) is 9.76. The first-order valence-corrected chi connectivity index (χ1v) is 15.7. The van der Waals surface area contributed by atoms with Gasteiger partial charge in [0.15, 0.2) is 5.78 Å². The molecule has 3 aliphatic rings. The molecule has 0 saturated carbocycles. The van der Waals surface area contributed by atoms with Crippen molar-refractivity contribution in [1.29, 1.82) is 0 Å². The van der Waals surface area contributed by atoms with Gasteiger partial charge in [-0.15, -0.1) is 0 Å². The number of amides is 3. The number of hydrogen-bond acceptors (Lipinski definition) is 6. The molecule has 0 aliphatic carbocycles. The maximum atomic E-state index is 14.6. The molecule has 5 rings (SSSR count). The summed E-state index contributed by atoms with van der Waals surface area (Å²) in [7, 11) is 1.57. The highest BCUT2D eigenvalue weighted by Crippen LogP contribution is 2.41. The van der Waals surface area contributed by atoms with Crippen molar-refractivity contribution in [3.05, 3.63) is 64.9 Å². The molecule has 0 radical (unpaired) electrons. The van der Waals surface area contributed by atoms with E-state index in [0.29, 0.717) is 56.9 Å². The Bertz CT molecular complexity index is 1380. The normalized spacial score (nSPS) is 24.5. The SMILES string of the molecule is CC(C)N1CC(C(=O)N2CCC(C(=O)[C@@]3(N(C)C(=O)Oc4ccc(F)cc4)CNC[C@H]3c3ccc(Cl)cc3)CC2)CCC1=O. The van der Waals surface area contributed by atoms with Crippen LogP contribution in [0.25, 0.3) is 0 Å². The zero-order valence-corrected chi connectivity index (χ0v) is 26.2. The van der Waals surface area contributed by atoms with Crippen LogP contribution in [0.15, 0.2) is 48.5 Å². The second kappa shape index (κ2) is 13.2. The molecule has 0 bridgehead atoms. The van der Waals surface area contributed by atoms with Crippen LogP contribution in [0.1, 0.15) is 51.0 Å². The summed E-state index contributed by atoms with van der Waals surface area (Å²) < 4.78 is 19.1. The van der Waals surface area contributed by atoms with Crippen molar-refractivity contribution in [3.8, 4) is 5.75 Å². The number of hydrogen-bond donors (Lipinski definition) is 1. The number of likely N-dealkylation sites (N-methyl/N-ethyl adjacent to an activating group) is 1. The van der Waals surface area contributed by atoms with Crippen molar-refractivity contribution in [3.63, 3.8) is 0 Å². The zero-order valence-electron chi connectivity index (χ0n) is 25.4. The fraction of sp³-hybridized carbons (Fsp3) is 0.515. The fourth-order valence-electron chi connectivity index (χ4n) is 6.95. The number of carbonyl (C=O) groups is 4. The van der Waals surface area contributed by atoms with Gasteiger partial charge in [0.1, 0.15) is 17.1 Å². The lowest BCUT2D eigenvalue weighted by atomic mass is 9.72. The quantitative estimate of drug-likeness (QED) is 0.486. The molecule has 3 amide bonds. The lowest BCUT2D eigenvalue weighted by Gasteiger charge is -2.44. The summed E-state index contributed by atoms with van der Waals surface area (Å²) >= 11 is 6.17.